The smallest absolute Gasteiger partial charge is 0.125 e. The Bertz CT molecular complexity index is 643. The predicted molar refractivity (Wildman–Crippen MR) is 78.9 cm³/mol. The fourth-order valence-corrected chi connectivity index (χ4v) is 1.97. The van der Waals surface area contributed by atoms with Gasteiger partial charge in [-0.25, -0.2) is 4.39 Å². The van der Waals surface area contributed by atoms with Crippen LogP contribution in [0.2, 0.25) is 0 Å². The lowest BCUT2D eigenvalue weighted by Crippen LogP contribution is -2.16. The highest BCUT2D eigenvalue weighted by Crippen LogP contribution is 2.17. The second-order valence-corrected chi connectivity index (χ2v) is 4.50. The second-order valence-electron chi connectivity index (χ2n) is 4.50. The van der Waals surface area contributed by atoms with Crippen LogP contribution in [0, 0.1) is 17.7 Å². The fourth-order valence-electron chi connectivity index (χ4n) is 1.97. The molecule has 2 aromatic rings. The van der Waals surface area contributed by atoms with Crippen molar-refractivity contribution >= 4 is 5.69 Å². The number of hydrogen-bond acceptors (Lipinski definition) is 2. The van der Waals surface area contributed by atoms with Crippen LogP contribution in [0.25, 0.3) is 0 Å². The summed E-state index contributed by atoms with van der Waals surface area (Å²) in [7, 11) is 1.92. The van der Waals surface area contributed by atoms with Crippen LogP contribution in [-0.2, 0) is 6.54 Å². The molecule has 1 N–H and O–H groups in total. The molecule has 0 atom stereocenters. The van der Waals surface area contributed by atoms with Gasteiger partial charge in [0.15, 0.2) is 0 Å². The second kappa shape index (κ2) is 6.74. The molecule has 0 heterocycles. The SMILES string of the molecule is CN(Cc1cccc(C#CCO)c1)c1cccc(F)c1. The predicted octanol–water partition coefficient (Wildman–Crippen LogP) is 2.81. The molecule has 0 bridgehead atoms. The maximum absolute atomic E-state index is 13.2. The summed E-state index contributed by atoms with van der Waals surface area (Å²) in [6, 6.07) is 14.3. The van der Waals surface area contributed by atoms with E-state index in [4.69, 9.17) is 5.11 Å². The molecule has 20 heavy (non-hydrogen) atoms. The van der Waals surface area contributed by atoms with Crippen LogP contribution in [0.1, 0.15) is 11.1 Å². The van der Waals surface area contributed by atoms with Crippen molar-refractivity contribution in [3.63, 3.8) is 0 Å². The van der Waals surface area contributed by atoms with Gasteiger partial charge in [-0.3, -0.25) is 0 Å². The van der Waals surface area contributed by atoms with Crippen molar-refractivity contribution in [3.8, 4) is 11.8 Å². The van der Waals surface area contributed by atoms with Gasteiger partial charge >= 0.3 is 0 Å². The number of nitrogens with zero attached hydrogens (tertiary/aromatic N) is 1. The van der Waals surface area contributed by atoms with Gasteiger partial charge in [-0.05, 0) is 35.9 Å². The molecular weight excluding hydrogens is 253 g/mol. The summed E-state index contributed by atoms with van der Waals surface area (Å²) < 4.78 is 13.2. The van der Waals surface area contributed by atoms with Crippen molar-refractivity contribution in [2.24, 2.45) is 0 Å². The maximum Gasteiger partial charge on any atom is 0.125 e. The Labute approximate surface area is 118 Å². The van der Waals surface area contributed by atoms with Crippen LogP contribution >= 0.6 is 0 Å². The van der Waals surface area contributed by atoms with Gasteiger partial charge in [0.05, 0.1) is 0 Å². The average molecular weight is 269 g/mol. The minimum Gasteiger partial charge on any atom is -0.384 e. The summed E-state index contributed by atoms with van der Waals surface area (Å²) in [6.07, 6.45) is 0. The summed E-state index contributed by atoms with van der Waals surface area (Å²) in [5.41, 5.74) is 2.78. The Hall–Kier alpha value is -2.31. The van der Waals surface area contributed by atoms with E-state index in [1.807, 2.05) is 42.3 Å². The topological polar surface area (TPSA) is 23.5 Å². The molecule has 0 radical (unpaired) electrons. The summed E-state index contributed by atoms with van der Waals surface area (Å²) >= 11 is 0. The number of halogens is 1. The van der Waals surface area contributed by atoms with Gasteiger partial charge in [0.25, 0.3) is 0 Å². The third kappa shape index (κ3) is 3.84. The Morgan fingerprint density at radius 1 is 1.15 bits per heavy atom. The first-order valence-electron chi connectivity index (χ1n) is 6.34. The lowest BCUT2D eigenvalue weighted by atomic mass is 10.1. The molecule has 2 rings (SSSR count). The van der Waals surface area contributed by atoms with Crippen LogP contribution in [0.5, 0.6) is 0 Å². The summed E-state index contributed by atoms with van der Waals surface area (Å²) in [5.74, 6) is 5.27. The van der Waals surface area contributed by atoms with E-state index in [0.29, 0.717) is 6.54 Å². The van der Waals surface area contributed by atoms with Gasteiger partial charge in [-0.1, -0.05) is 30.0 Å². The molecule has 0 aliphatic heterocycles. The van der Waals surface area contributed by atoms with Gasteiger partial charge in [0.1, 0.15) is 12.4 Å². The normalized spacial score (nSPS) is 9.75. The zero-order valence-electron chi connectivity index (χ0n) is 11.3. The summed E-state index contributed by atoms with van der Waals surface area (Å²) in [6.45, 7) is 0.519. The highest BCUT2D eigenvalue weighted by atomic mass is 19.1. The van der Waals surface area contributed by atoms with Gasteiger partial charge < -0.3 is 10.0 Å². The molecule has 3 heteroatoms. The Kier molecular flexibility index (Phi) is 4.75. The van der Waals surface area contributed by atoms with Gasteiger partial charge in [0.2, 0.25) is 0 Å². The molecular formula is C17H16FNO. The molecule has 2 nitrogen and oxygen atoms in total. The van der Waals surface area contributed by atoms with E-state index in [9.17, 15) is 4.39 Å². The van der Waals surface area contributed by atoms with Crippen molar-refractivity contribution < 1.29 is 9.50 Å². The monoisotopic (exact) mass is 269 g/mol. The minimum atomic E-state index is -0.239. The number of hydrogen-bond donors (Lipinski definition) is 1. The lowest BCUT2D eigenvalue weighted by molar-refractivity contribution is 0.350. The fraction of sp³-hybridized carbons (Fsp3) is 0.176. The first-order valence-corrected chi connectivity index (χ1v) is 6.34. The number of benzene rings is 2. The molecule has 102 valence electrons. The lowest BCUT2D eigenvalue weighted by Gasteiger charge is -2.19. The van der Waals surface area contributed by atoms with E-state index < -0.39 is 0 Å². The summed E-state index contributed by atoms with van der Waals surface area (Å²) in [4.78, 5) is 1.97. The number of aliphatic hydroxyl groups is 1. The molecule has 0 aliphatic carbocycles. The van der Waals surface area contributed by atoms with Crippen LogP contribution in [0.15, 0.2) is 48.5 Å². The highest BCUT2D eigenvalue weighted by Gasteiger charge is 2.03. The number of aliphatic hydroxyl groups excluding tert-OH is 1. The molecule has 0 aromatic heterocycles. The Morgan fingerprint density at radius 3 is 2.70 bits per heavy atom. The molecule has 0 fully saturated rings. The van der Waals surface area contributed by atoms with E-state index in [1.54, 1.807) is 6.07 Å². The van der Waals surface area contributed by atoms with E-state index in [-0.39, 0.29) is 12.4 Å². The highest BCUT2D eigenvalue weighted by molar-refractivity contribution is 5.47. The Balaban J connectivity index is 2.13. The quantitative estimate of drug-likeness (QED) is 0.866. The van der Waals surface area contributed by atoms with Crippen molar-refractivity contribution in [1.29, 1.82) is 0 Å². The Morgan fingerprint density at radius 2 is 1.95 bits per heavy atom. The zero-order chi connectivity index (χ0) is 14.4. The molecule has 0 unspecified atom stereocenters. The van der Waals surface area contributed by atoms with E-state index in [0.717, 1.165) is 16.8 Å². The van der Waals surface area contributed by atoms with Crippen molar-refractivity contribution in [2.75, 3.05) is 18.6 Å². The molecule has 0 aliphatic rings. The first kappa shape index (κ1) is 14.1. The largest absolute Gasteiger partial charge is 0.384 e. The molecule has 2 aromatic carbocycles. The maximum atomic E-state index is 13.2. The standard InChI is InChI=1S/C17H16FNO/c1-19(17-9-3-8-16(18)12-17)13-15-6-2-5-14(11-15)7-4-10-20/h2-3,5-6,8-9,11-12,20H,10,13H2,1H3. The average Bonchev–Trinajstić information content (AvgIpc) is 2.45. The molecule has 0 spiro atoms. The number of anilines is 1. The third-order valence-electron chi connectivity index (χ3n) is 2.91. The van der Waals surface area contributed by atoms with E-state index >= 15 is 0 Å². The zero-order valence-corrected chi connectivity index (χ0v) is 11.3. The van der Waals surface area contributed by atoms with Crippen LogP contribution in [0.3, 0.4) is 0 Å². The van der Waals surface area contributed by atoms with Crippen molar-refractivity contribution in [2.45, 2.75) is 6.54 Å². The third-order valence-corrected chi connectivity index (χ3v) is 2.91. The molecule has 0 saturated heterocycles. The molecule has 0 amide bonds. The van der Waals surface area contributed by atoms with Crippen molar-refractivity contribution in [3.05, 3.63) is 65.5 Å². The first-order chi connectivity index (χ1) is 9.69. The van der Waals surface area contributed by atoms with Gasteiger partial charge in [-0.2, -0.15) is 0 Å². The summed E-state index contributed by atoms with van der Waals surface area (Å²) in [5, 5.41) is 8.70. The van der Waals surface area contributed by atoms with E-state index in [1.165, 1.54) is 12.1 Å². The minimum absolute atomic E-state index is 0.145. The van der Waals surface area contributed by atoms with Crippen LogP contribution < -0.4 is 4.90 Å². The van der Waals surface area contributed by atoms with Gasteiger partial charge in [-0.15, -0.1) is 0 Å². The van der Waals surface area contributed by atoms with Crippen molar-refractivity contribution in [1.82, 2.24) is 0 Å². The van der Waals surface area contributed by atoms with Gasteiger partial charge in [0, 0.05) is 24.8 Å². The van der Waals surface area contributed by atoms with Crippen LogP contribution in [0.4, 0.5) is 10.1 Å². The van der Waals surface area contributed by atoms with E-state index in [2.05, 4.69) is 11.8 Å². The number of rotatable bonds is 3. The molecule has 0 saturated carbocycles. The van der Waals surface area contributed by atoms with Crippen LogP contribution in [-0.4, -0.2) is 18.8 Å².